The summed E-state index contributed by atoms with van der Waals surface area (Å²) in [6.07, 6.45) is 5.54. The number of anilines is 1. The lowest BCUT2D eigenvalue weighted by atomic mass is 9.83. The number of benzene rings is 1. The van der Waals surface area contributed by atoms with E-state index < -0.39 is 0 Å². The van der Waals surface area contributed by atoms with Crippen molar-refractivity contribution in [1.29, 1.82) is 0 Å². The summed E-state index contributed by atoms with van der Waals surface area (Å²) in [6.45, 7) is 5.21. The van der Waals surface area contributed by atoms with Crippen molar-refractivity contribution >= 4 is 12.0 Å². The van der Waals surface area contributed by atoms with Crippen LogP contribution in [-0.4, -0.2) is 30.5 Å². The Morgan fingerprint density at radius 1 is 1.33 bits per heavy atom. The SMILES string of the molecule is CC1(C)CN(c2ccc(F)cc2C=O)[C@H]2CCCC[C@H]2N1. The van der Waals surface area contributed by atoms with Gasteiger partial charge in [-0.15, -0.1) is 0 Å². The fourth-order valence-electron chi connectivity index (χ4n) is 3.89. The molecule has 2 aliphatic rings. The van der Waals surface area contributed by atoms with E-state index in [0.717, 1.165) is 24.9 Å². The predicted octanol–water partition coefficient (Wildman–Crippen LogP) is 3.14. The Balaban J connectivity index is 1.99. The molecule has 3 rings (SSSR count). The lowest BCUT2D eigenvalue weighted by Gasteiger charge is -2.52. The quantitative estimate of drug-likeness (QED) is 0.849. The van der Waals surface area contributed by atoms with E-state index in [1.54, 1.807) is 6.07 Å². The van der Waals surface area contributed by atoms with Crippen LogP contribution in [-0.2, 0) is 0 Å². The zero-order valence-electron chi connectivity index (χ0n) is 12.7. The van der Waals surface area contributed by atoms with Gasteiger partial charge in [-0.05, 0) is 44.9 Å². The van der Waals surface area contributed by atoms with Crippen LogP contribution in [0.2, 0.25) is 0 Å². The lowest BCUT2D eigenvalue weighted by Crippen LogP contribution is -2.67. The van der Waals surface area contributed by atoms with Crippen molar-refractivity contribution in [1.82, 2.24) is 5.32 Å². The molecule has 0 aromatic heterocycles. The fourth-order valence-corrected chi connectivity index (χ4v) is 3.89. The largest absolute Gasteiger partial charge is 0.365 e. The van der Waals surface area contributed by atoms with Crippen LogP contribution in [0.15, 0.2) is 18.2 Å². The molecule has 0 radical (unpaired) electrons. The molecule has 4 heteroatoms. The number of nitrogens with zero attached hydrogens (tertiary/aromatic N) is 1. The van der Waals surface area contributed by atoms with Gasteiger partial charge >= 0.3 is 0 Å². The first-order valence-corrected chi connectivity index (χ1v) is 7.79. The molecule has 114 valence electrons. The van der Waals surface area contributed by atoms with E-state index in [9.17, 15) is 9.18 Å². The molecular formula is C17H23FN2O. The van der Waals surface area contributed by atoms with Crippen LogP contribution < -0.4 is 10.2 Å². The van der Waals surface area contributed by atoms with Gasteiger partial charge in [0.25, 0.3) is 0 Å². The van der Waals surface area contributed by atoms with Crippen LogP contribution in [0.25, 0.3) is 0 Å². The van der Waals surface area contributed by atoms with E-state index in [1.807, 2.05) is 0 Å². The zero-order chi connectivity index (χ0) is 15.0. The van der Waals surface area contributed by atoms with Gasteiger partial charge in [-0.3, -0.25) is 4.79 Å². The predicted molar refractivity (Wildman–Crippen MR) is 82.4 cm³/mol. The van der Waals surface area contributed by atoms with Crippen molar-refractivity contribution in [3.63, 3.8) is 0 Å². The number of aldehydes is 1. The third-order valence-electron chi connectivity index (χ3n) is 4.70. The van der Waals surface area contributed by atoms with Crippen molar-refractivity contribution < 1.29 is 9.18 Å². The zero-order valence-corrected chi connectivity index (χ0v) is 12.7. The third-order valence-corrected chi connectivity index (χ3v) is 4.70. The van der Waals surface area contributed by atoms with Gasteiger partial charge in [-0.1, -0.05) is 12.8 Å². The van der Waals surface area contributed by atoms with Crippen LogP contribution in [0.5, 0.6) is 0 Å². The van der Waals surface area contributed by atoms with Crippen LogP contribution in [0.4, 0.5) is 10.1 Å². The average Bonchev–Trinajstić information content (AvgIpc) is 2.45. The second kappa shape index (κ2) is 5.41. The number of nitrogens with one attached hydrogen (secondary N) is 1. The molecule has 0 spiro atoms. The topological polar surface area (TPSA) is 32.3 Å². The van der Waals surface area contributed by atoms with Gasteiger partial charge in [-0.25, -0.2) is 4.39 Å². The Hall–Kier alpha value is -1.42. The Kier molecular flexibility index (Phi) is 3.74. The van der Waals surface area contributed by atoms with Gasteiger partial charge in [-0.2, -0.15) is 0 Å². The molecule has 1 aromatic carbocycles. The summed E-state index contributed by atoms with van der Waals surface area (Å²) in [5.41, 5.74) is 1.32. The minimum atomic E-state index is -0.351. The van der Waals surface area contributed by atoms with E-state index in [0.29, 0.717) is 17.6 Å². The maximum Gasteiger partial charge on any atom is 0.152 e. The van der Waals surface area contributed by atoms with E-state index in [1.165, 1.54) is 31.4 Å². The smallest absolute Gasteiger partial charge is 0.152 e. The van der Waals surface area contributed by atoms with Gasteiger partial charge in [0.05, 0.1) is 0 Å². The van der Waals surface area contributed by atoms with Crippen LogP contribution >= 0.6 is 0 Å². The number of carbonyl (C=O) groups is 1. The van der Waals surface area contributed by atoms with Crippen molar-refractivity contribution in [2.45, 2.75) is 57.2 Å². The Morgan fingerprint density at radius 3 is 2.86 bits per heavy atom. The fraction of sp³-hybridized carbons (Fsp3) is 0.588. The summed E-state index contributed by atoms with van der Waals surface area (Å²) in [5, 5.41) is 3.74. The van der Waals surface area contributed by atoms with Gasteiger partial charge in [0.2, 0.25) is 0 Å². The molecule has 0 unspecified atom stereocenters. The molecule has 1 aliphatic carbocycles. The van der Waals surface area contributed by atoms with Crippen molar-refractivity contribution in [3.8, 4) is 0 Å². The molecule has 0 amide bonds. The summed E-state index contributed by atoms with van der Waals surface area (Å²) < 4.78 is 13.4. The minimum absolute atomic E-state index is 0.00690. The first-order chi connectivity index (χ1) is 10.00. The highest BCUT2D eigenvalue weighted by molar-refractivity contribution is 5.85. The number of hydrogen-bond donors (Lipinski definition) is 1. The Labute approximate surface area is 125 Å². The number of halogens is 1. The third kappa shape index (κ3) is 2.82. The molecule has 2 atom stereocenters. The molecule has 3 nitrogen and oxygen atoms in total. The standard InChI is InChI=1S/C17H23FN2O/c1-17(2)11-20(16-6-4-3-5-14(16)19-17)15-8-7-13(18)9-12(15)10-21/h7-10,14,16,19H,3-6,11H2,1-2H3/t14-,16+/m1/s1. The molecule has 1 heterocycles. The monoisotopic (exact) mass is 290 g/mol. The minimum Gasteiger partial charge on any atom is -0.365 e. The summed E-state index contributed by atoms with van der Waals surface area (Å²) >= 11 is 0. The van der Waals surface area contributed by atoms with Crippen LogP contribution in [0.1, 0.15) is 49.9 Å². The number of carbonyl (C=O) groups excluding carboxylic acids is 1. The Bertz CT molecular complexity index is 544. The van der Waals surface area contributed by atoms with Gasteiger partial charge in [0.1, 0.15) is 5.82 Å². The maximum atomic E-state index is 13.4. The highest BCUT2D eigenvalue weighted by Gasteiger charge is 2.40. The van der Waals surface area contributed by atoms with E-state index in [-0.39, 0.29) is 11.4 Å². The second-order valence-corrected chi connectivity index (χ2v) is 6.94. The molecule has 2 fully saturated rings. The van der Waals surface area contributed by atoms with Crippen molar-refractivity contribution in [2.24, 2.45) is 0 Å². The normalized spacial score (nSPS) is 28.0. The molecule has 21 heavy (non-hydrogen) atoms. The molecule has 1 aliphatic heterocycles. The molecule has 1 aromatic rings. The Morgan fingerprint density at radius 2 is 2.10 bits per heavy atom. The average molecular weight is 290 g/mol. The second-order valence-electron chi connectivity index (χ2n) is 6.94. The van der Waals surface area contributed by atoms with Gasteiger partial charge in [0.15, 0.2) is 6.29 Å². The number of piperazine rings is 1. The van der Waals surface area contributed by atoms with Crippen molar-refractivity contribution in [3.05, 3.63) is 29.6 Å². The van der Waals surface area contributed by atoms with Crippen LogP contribution in [0.3, 0.4) is 0 Å². The molecule has 1 saturated carbocycles. The summed E-state index contributed by atoms with van der Waals surface area (Å²) in [7, 11) is 0. The molecule has 1 saturated heterocycles. The van der Waals surface area contributed by atoms with Gasteiger partial charge in [0, 0.05) is 35.4 Å². The first kappa shape index (κ1) is 14.5. The highest BCUT2D eigenvalue weighted by atomic mass is 19.1. The number of hydrogen-bond acceptors (Lipinski definition) is 3. The lowest BCUT2D eigenvalue weighted by molar-refractivity contribution is 0.112. The summed E-state index contributed by atoms with van der Waals surface area (Å²) in [4.78, 5) is 13.7. The van der Waals surface area contributed by atoms with Crippen molar-refractivity contribution in [2.75, 3.05) is 11.4 Å². The van der Waals surface area contributed by atoms with E-state index in [2.05, 4.69) is 24.1 Å². The number of rotatable bonds is 2. The molecule has 0 bridgehead atoms. The summed E-state index contributed by atoms with van der Waals surface area (Å²) in [6, 6.07) is 5.40. The maximum absolute atomic E-state index is 13.4. The molecule has 1 N–H and O–H groups in total. The van der Waals surface area contributed by atoms with E-state index >= 15 is 0 Å². The number of fused-ring (bicyclic) bond motifs is 1. The van der Waals surface area contributed by atoms with Crippen LogP contribution in [0, 0.1) is 5.82 Å². The molecular weight excluding hydrogens is 267 g/mol. The first-order valence-electron chi connectivity index (χ1n) is 7.79. The van der Waals surface area contributed by atoms with Gasteiger partial charge < -0.3 is 10.2 Å². The highest BCUT2D eigenvalue weighted by Crippen LogP contribution is 2.34. The van der Waals surface area contributed by atoms with E-state index in [4.69, 9.17) is 0 Å². The summed E-state index contributed by atoms with van der Waals surface area (Å²) in [5.74, 6) is -0.351.